The highest BCUT2D eigenvalue weighted by Gasteiger charge is 2.06. The van der Waals surface area contributed by atoms with Gasteiger partial charge in [0.1, 0.15) is 0 Å². The highest BCUT2D eigenvalue weighted by atomic mass is 15.1. The van der Waals surface area contributed by atoms with Crippen molar-refractivity contribution in [3.8, 4) is 11.3 Å². The quantitative estimate of drug-likeness (QED) is 0.756. The number of aromatic nitrogens is 3. The number of nitrogens with one attached hydrogen (secondary N) is 2. The fourth-order valence-corrected chi connectivity index (χ4v) is 2.16. The van der Waals surface area contributed by atoms with Gasteiger partial charge in [0, 0.05) is 29.8 Å². The number of H-pyrrole nitrogens is 1. The van der Waals surface area contributed by atoms with E-state index in [1.165, 1.54) is 5.56 Å². The molecule has 0 saturated carbocycles. The number of pyridine rings is 1. The number of hydrogen-bond donors (Lipinski definition) is 2. The predicted molar refractivity (Wildman–Crippen MR) is 80.3 cm³/mol. The van der Waals surface area contributed by atoms with E-state index in [0.717, 1.165) is 16.9 Å². The minimum atomic E-state index is 0.209. The first-order valence-electron chi connectivity index (χ1n) is 6.59. The number of nitrogens with zero attached hydrogens (tertiary/aromatic N) is 2. The van der Waals surface area contributed by atoms with Gasteiger partial charge >= 0.3 is 0 Å². The van der Waals surface area contributed by atoms with Crippen molar-refractivity contribution in [2.45, 2.75) is 13.0 Å². The third-order valence-electron chi connectivity index (χ3n) is 3.24. The molecular formula is C16H16N4. The molecule has 0 aliphatic heterocycles. The smallest absolute Gasteiger partial charge is 0.0650 e. The van der Waals surface area contributed by atoms with Gasteiger partial charge in [-0.2, -0.15) is 5.10 Å². The van der Waals surface area contributed by atoms with Crippen LogP contribution in [0.3, 0.4) is 0 Å². The molecule has 100 valence electrons. The van der Waals surface area contributed by atoms with E-state index in [4.69, 9.17) is 0 Å². The predicted octanol–water partition coefficient (Wildman–Crippen LogP) is 3.64. The third-order valence-corrected chi connectivity index (χ3v) is 3.24. The van der Waals surface area contributed by atoms with Gasteiger partial charge in [-0.1, -0.05) is 18.2 Å². The third kappa shape index (κ3) is 2.69. The average molecular weight is 264 g/mol. The van der Waals surface area contributed by atoms with Crippen LogP contribution in [0.5, 0.6) is 0 Å². The molecule has 0 bridgehead atoms. The molecule has 3 aromatic rings. The average Bonchev–Trinajstić information content (AvgIpc) is 3.03. The number of aromatic amines is 1. The van der Waals surface area contributed by atoms with Crippen molar-refractivity contribution in [3.05, 3.63) is 66.6 Å². The lowest BCUT2D eigenvalue weighted by atomic mass is 10.1. The van der Waals surface area contributed by atoms with Gasteiger partial charge in [0.25, 0.3) is 0 Å². The molecule has 3 rings (SSSR count). The van der Waals surface area contributed by atoms with Crippen LogP contribution >= 0.6 is 0 Å². The molecule has 0 aliphatic carbocycles. The maximum absolute atomic E-state index is 4.15. The molecule has 4 nitrogen and oxygen atoms in total. The number of hydrogen-bond acceptors (Lipinski definition) is 3. The van der Waals surface area contributed by atoms with Crippen LogP contribution in [0.1, 0.15) is 18.5 Å². The lowest BCUT2D eigenvalue weighted by molar-refractivity contribution is 0.876. The van der Waals surface area contributed by atoms with Gasteiger partial charge in [0.05, 0.1) is 11.7 Å². The van der Waals surface area contributed by atoms with Crippen molar-refractivity contribution in [2.24, 2.45) is 0 Å². The molecule has 1 unspecified atom stereocenters. The van der Waals surface area contributed by atoms with E-state index < -0.39 is 0 Å². The van der Waals surface area contributed by atoms with Gasteiger partial charge in [0.15, 0.2) is 0 Å². The number of rotatable bonds is 4. The zero-order valence-electron chi connectivity index (χ0n) is 11.2. The molecule has 2 aromatic heterocycles. The first-order chi connectivity index (χ1) is 9.83. The lowest BCUT2D eigenvalue weighted by Gasteiger charge is -2.15. The number of benzene rings is 1. The number of anilines is 1. The Bertz CT molecular complexity index is 662. The zero-order valence-corrected chi connectivity index (χ0v) is 11.2. The van der Waals surface area contributed by atoms with Crippen molar-refractivity contribution >= 4 is 5.69 Å². The molecule has 1 atom stereocenters. The molecule has 20 heavy (non-hydrogen) atoms. The largest absolute Gasteiger partial charge is 0.378 e. The minimum Gasteiger partial charge on any atom is -0.378 e. The Kier molecular flexibility index (Phi) is 3.46. The Morgan fingerprint density at radius 2 is 2.05 bits per heavy atom. The normalized spacial score (nSPS) is 12.1. The monoisotopic (exact) mass is 264 g/mol. The molecule has 1 aromatic carbocycles. The lowest BCUT2D eigenvalue weighted by Crippen LogP contribution is -2.06. The molecule has 2 heterocycles. The maximum Gasteiger partial charge on any atom is 0.0650 e. The van der Waals surface area contributed by atoms with E-state index in [-0.39, 0.29) is 6.04 Å². The Morgan fingerprint density at radius 3 is 2.80 bits per heavy atom. The van der Waals surface area contributed by atoms with E-state index in [1.54, 1.807) is 12.4 Å². The maximum atomic E-state index is 4.15. The second-order valence-corrected chi connectivity index (χ2v) is 4.70. The molecule has 0 spiro atoms. The summed E-state index contributed by atoms with van der Waals surface area (Å²) in [5.74, 6) is 0. The molecule has 0 saturated heterocycles. The second kappa shape index (κ2) is 5.57. The zero-order chi connectivity index (χ0) is 13.8. The Labute approximate surface area is 117 Å². The summed E-state index contributed by atoms with van der Waals surface area (Å²) in [5, 5.41) is 10.4. The minimum absolute atomic E-state index is 0.209. The summed E-state index contributed by atoms with van der Waals surface area (Å²) in [4.78, 5) is 4.15. The SMILES string of the molecule is CC(Nc1cccc(-c2ccn[nH]2)c1)c1cccnc1. The highest BCUT2D eigenvalue weighted by Crippen LogP contribution is 2.23. The van der Waals surface area contributed by atoms with Crippen LogP contribution < -0.4 is 5.32 Å². The first-order valence-corrected chi connectivity index (χ1v) is 6.59. The molecule has 0 aliphatic rings. The van der Waals surface area contributed by atoms with Crippen molar-refractivity contribution in [3.63, 3.8) is 0 Å². The summed E-state index contributed by atoms with van der Waals surface area (Å²) in [5.41, 5.74) is 4.38. The summed E-state index contributed by atoms with van der Waals surface area (Å²) in [6.07, 6.45) is 5.43. The summed E-state index contributed by atoms with van der Waals surface area (Å²) >= 11 is 0. The molecule has 0 amide bonds. The van der Waals surface area contributed by atoms with Crippen molar-refractivity contribution < 1.29 is 0 Å². The summed E-state index contributed by atoms with van der Waals surface area (Å²) in [7, 11) is 0. The van der Waals surface area contributed by atoms with Gasteiger partial charge < -0.3 is 5.32 Å². The summed E-state index contributed by atoms with van der Waals surface area (Å²) < 4.78 is 0. The molecule has 0 radical (unpaired) electrons. The molecule has 4 heteroatoms. The Morgan fingerprint density at radius 1 is 1.10 bits per heavy atom. The van der Waals surface area contributed by atoms with E-state index >= 15 is 0 Å². The van der Waals surface area contributed by atoms with Crippen LogP contribution in [0, 0.1) is 0 Å². The van der Waals surface area contributed by atoms with Crippen molar-refractivity contribution in [1.29, 1.82) is 0 Å². The topological polar surface area (TPSA) is 53.6 Å². The van der Waals surface area contributed by atoms with Crippen LogP contribution in [0.2, 0.25) is 0 Å². The van der Waals surface area contributed by atoms with Gasteiger partial charge in [-0.25, -0.2) is 0 Å². The van der Waals surface area contributed by atoms with Crippen LogP contribution in [0.15, 0.2) is 61.1 Å². The van der Waals surface area contributed by atoms with Gasteiger partial charge in [-0.05, 0) is 36.8 Å². The van der Waals surface area contributed by atoms with Crippen LogP contribution in [-0.4, -0.2) is 15.2 Å². The molecule has 2 N–H and O–H groups in total. The van der Waals surface area contributed by atoms with Crippen LogP contribution in [-0.2, 0) is 0 Å². The van der Waals surface area contributed by atoms with Crippen LogP contribution in [0.4, 0.5) is 5.69 Å². The van der Waals surface area contributed by atoms with Crippen molar-refractivity contribution in [1.82, 2.24) is 15.2 Å². The highest BCUT2D eigenvalue weighted by molar-refractivity contribution is 5.64. The molecule has 0 fully saturated rings. The van der Waals surface area contributed by atoms with Gasteiger partial charge in [-0.15, -0.1) is 0 Å². The van der Waals surface area contributed by atoms with Crippen molar-refractivity contribution in [2.75, 3.05) is 5.32 Å². The summed E-state index contributed by atoms with van der Waals surface area (Å²) in [6.45, 7) is 2.12. The van der Waals surface area contributed by atoms with Gasteiger partial charge in [0.2, 0.25) is 0 Å². The van der Waals surface area contributed by atoms with E-state index in [0.29, 0.717) is 0 Å². The Hall–Kier alpha value is -2.62. The van der Waals surface area contributed by atoms with E-state index in [9.17, 15) is 0 Å². The second-order valence-electron chi connectivity index (χ2n) is 4.70. The summed E-state index contributed by atoms with van der Waals surface area (Å²) in [6, 6.07) is 14.5. The first kappa shape index (κ1) is 12.4. The van der Waals surface area contributed by atoms with E-state index in [2.05, 4.69) is 51.7 Å². The van der Waals surface area contributed by atoms with Gasteiger partial charge in [-0.3, -0.25) is 10.1 Å². The fourth-order valence-electron chi connectivity index (χ4n) is 2.16. The fraction of sp³-hybridized carbons (Fsp3) is 0.125. The van der Waals surface area contributed by atoms with Crippen LogP contribution in [0.25, 0.3) is 11.3 Å². The van der Waals surface area contributed by atoms with E-state index in [1.807, 2.05) is 24.4 Å². The molecular weight excluding hydrogens is 248 g/mol. The Balaban J connectivity index is 1.80. The standard InChI is InChI=1S/C16H16N4/c1-12(14-5-3-8-17-11-14)19-15-6-2-4-13(10-15)16-7-9-18-20-16/h2-12,19H,1H3,(H,18,20).